The van der Waals surface area contributed by atoms with Crippen LogP contribution in [0.5, 0.6) is 0 Å². The van der Waals surface area contributed by atoms with Crippen molar-refractivity contribution in [1.29, 1.82) is 0 Å². The fourth-order valence-electron chi connectivity index (χ4n) is 2.02. The van der Waals surface area contributed by atoms with Gasteiger partial charge in [0.2, 0.25) is 0 Å². The lowest BCUT2D eigenvalue weighted by Gasteiger charge is -2.13. The molecule has 0 atom stereocenters. The molecular weight excluding hydrogens is 266 g/mol. The van der Waals surface area contributed by atoms with Gasteiger partial charge < -0.3 is 0 Å². The number of hydrogen-bond acceptors (Lipinski definition) is 4. The highest BCUT2D eigenvalue weighted by Gasteiger charge is 2.09. The van der Waals surface area contributed by atoms with Crippen molar-refractivity contribution in [3.05, 3.63) is 76.1 Å². The van der Waals surface area contributed by atoms with Crippen LogP contribution in [-0.2, 0) is 6.54 Å². The number of aromatic nitrogens is 1. The molecule has 2 aromatic rings. The lowest BCUT2D eigenvalue weighted by molar-refractivity contribution is -0.385. The first kappa shape index (κ1) is 14.9. The molecule has 1 aromatic carbocycles. The number of nitro benzene ring substituents is 1. The van der Waals surface area contributed by atoms with Crippen molar-refractivity contribution < 1.29 is 4.92 Å². The number of likely N-dealkylation sites (N-methyl/N-ethyl adjacent to an activating group) is 1. The summed E-state index contributed by atoms with van der Waals surface area (Å²) in [5, 5.41) is 10.9. The summed E-state index contributed by atoms with van der Waals surface area (Å²) in [6.45, 7) is 1.50. The van der Waals surface area contributed by atoms with E-state index in [2.05, 4.69) is 9.88 Å². The van der Waals surface area contributed by atoms with Crippen LogP contribution >= 0.6 is 0 Å². The molecule has 0 N–H and O–H groups in total. The van der Waals surface area contributed by atoms with Gasteiger partial charge in [-0.2, -0.15) is 0 Å². The lowest BCUT2D eigenvalue weighted by Crippen LogP contribution is -2.17. The Morgan fingerprint density at radius 1 is 1.29 bits per heavy atom. The lowest BCUT2D eigenvalue weighted by atomic mass is 10.1. The van der Waals surface area contributed by atoms with Gasteiger partial charge in [-0.1, -0.05) is 30.4 Å². The average molecular weight is 283 g/mol. The predicted molar refractivity (Wildman–Crippen MR) is 82.7 cm³/mol. The Balaban J connectivity index is 1.95. The van der Waals surface area contributed by atoms with Gasteiger partial charge in [-0.25, -0.2) is 0 Å². The van der Waals surface area contributed by atoms with E-state index in [9.17, 15) is 10.1 Å². The van der Waals surface area contributed by atoms with E-state index in [1.807, 2.05) is 31.5 Å². The zero-order chi connectivity index (χ0) is 15.1. The molecule has 0 aliphatic heterocycles. The molecule has 0 amide bonds. The van der Waals surface area contributed by atoms with Gasteiger partial charge in [0.05, 0.1) is 10.5 Å². The number of para-hydroxylation sites is 1. The summed E-state index contributed by atoms with van der Waals surface area (Å²) >= 11 is 0. The smallest absolute Gasteiger partial charge is 0.276 e. The Morgan fingerprint density at radius 2 is 2.10 bits per heavy atom. The summed E-state index contributed by atoms with van der Waals surface area (Å²) in [4.78, 5) is 16.7. The molecule has 0 unspecified atom stereocenters. The van der Waals surface area contributed by atoms with Crippen LogP contribution in [-0.4, -0.2) is 28.4 Å². The molecule has 5 heteroatoms. The van der Waals surface area contributed by atoms with E-state index in [4.69, 9.17) is 0 Å². The third kappa shape index (κ3) is 4.50. The van der Waals surface area contributed by atoms with Crippen LogP contribution in [0.3, 0.4) is 0 Å². The van der Waals surface area contributed by atoms with E-state index in [0.717, 1.165) is 12.1 Å². The van der Waals surface area contributed by atoms with Gasteiger partial charge in [0, 0.05) is 31.5 Å². The van der Waals surface area contributed by atoms with Crippen LogP contribution in [0.15, 0.2) is 54.9 Å². The first-order valence-corrected chi connectivity index (χ1v) is 6.64. The number of nitrogens with zero attached hydrogens (tertiary/aromatic N) is 3. The van der Waals surface area contributed by atoms with Crippen LogP contribution < -0.4 is 0 Å². The molecule has 0 bridgehead atoms. The molecule has 0 aliphatic carbocycles. The van der Waals surface area contributed by atoms with Crippen LogP contribution in [0, 0.1) is 10.1 Å². The van der Waals surface area contributed by atoms with Gasteiger partial charge in [-0.15, -0.1) is 0 Å². The predicted octanol–water partition coefficient (Wildman–Crippen LogP) is 3.14. The monoisotopic (exact) mass is 283 g/mol. The van der Waals surface area contributed by atoms with E-state index >= 15 is 0 Å². The van der Waals surface area contributed by atoms with E-state index < -0.39 is 0 Å². The van der Waals surface area contributed by atoms with Crippen molar-refractivity contribution in [2.45, 2.75) is 6.54 Å². The molecule has 1 aromatic heterocycles. The number of rotatable bonds is 6. The van der Waals surface area contributed by atoms with Crippen LogP contribution in [0.1, 0.15) is 11.1 Å². The molecule has 0 saturated heterocycles. The largest absolute Gasteiger partial charge is 0.298 e. The minimum atomic E-state index is -0.362. The van der Waals surface area contributed by atoms with Crippen molar-refractivity contribution in [1.82, 2.24) is 9.88 Å². The Labute approximate surface area is 123 Å². The standard InChI is InChI=1S/C16H17N3O2/c1-18(13-14-6-4-10-17-12-14)11-5-8-15-7-2-3-9-16(15)19(20)21/h2-10,12H,11,13H2,1H3/b8-5+. The van der Waals surface area contributed by atoms with Crippen molar-refractivity contribution in [2.75, 3.05) is 13.6 Å². The topological polar surface area (TPSA) is 59.3 Å². The van der Waals surface area contributed by atoms with Crippen LogP contribution in [0.25, 0.3) is 6.08 Å². The van der Waals surface area contributed by atoms with E-state index in [-0.39, 0.29) is 10.6 Å². The Kier molecular flexibility index (Phi) is 5.17. The van der Waals surface area contributed by atoms with Crippen molar-refractivity contribution in [3.63, 3.8) is 0 Å². The highest BCUT2D eigenvalue weighted by atomic mass is 16.6. The Morgan fingerprint density at radius 3 is 2.81 bits per heavy atom. The van der Waals surface area contributed by atoms with E-state index in [0.29, 0.717) is 12.1 Å². The van der Waals surface area contributed by atoms with E-state index in [1.54, 1.807) is 30.5 Å². The van der Waals surface area contributed by atoms with Gasteiger partial charge in [-0.05, 0) is 24.7 Å². The number of benzene rings is 1. The Hall–Kier alpha value is -2.53. The van der Waals surface area contributed by atoms with E-state index in [1.165, 1.54) is 6.07 Å². The highest BCUT2D eigenvalue weighted by Crippen LogP contribution is 2.18. The molecule has 5 nitrogen and oxygen atoms in total. The number of hydrogen-bond donors (Lipinski definition) is 0. The zero-order valence-electron chi connectivity index (χ0n) is 11.8. The van der Waals surface area contributed by atoms with Crippen molar-refractivity contribution >= 4 is 11.8 Å². The first-order valence-electron chi connectivity index (χ1n) is 6.64. The maximum Gasteiger partial charge on any atom is 0.276 e. The molecule has 0 spiro atoms. The third-order valence-corrected chi connectivity index (χ3v) is 3.02. The quantitative estimate of drug-likeness (QED) is 0.603. The highest BCUT2D eigenvalue weighted by molar-refractivity contribution is 5.60. The normalized spacial score (nSPS) is 11.1. The summed E-state index contributed by atoms with van der Waals surface area (Å²) in [7, 11) is 2.00. The van der Waals surface area contributed by atoms with Gasteiger partial charge in [0.1, 0.15) is 0 Å². The molecule has 0 radical (unpaired) electrons. The summed E-state index contributed by atoms with van der Waals surface area (Å²) in [6, 6.07) is 10.7. The second-order valence-electron chi connectivity index (χ2n) is 4.78. The molecule has 108 valence electrons. The molecule has 0 saturated carbocycles. The van der Waals surface area contributed by atoms with Crippen LogP contribution in [0.2, 0.25) is 0 Å². The minimum Gasteiger partial charge on any atom is -0.298 e. The zero-order valence-corrected chi connectivity index (χ0v) is 11.8. The van der Waals surface area contributed by atoms with Crippen LogP contribution in [0.4, 0.5) is 5.69 Å². The SMILES string of the molecule is CN(C/C=C/c1ccccc1[N+](=O)[O-])Cc1cccnc1. The van der Waals surface area contributed by atoms with Gasteiger partial charge >= 0.3 is 0 Å². The van der Waals surface area contributed by atoms with Crippen molar-refractivity contribution in [3.8, 4) is 0 Å². The fraction of sp³-hybridized carbons (Fsp3) is 0.188. The molecule has 2 rings (SSSR count). The van der Waals surface area contributed by atoms with Gasteiger partial charge in [0.25, 0.3) is 5.69 Å². The van der Waals surface area contributed by atoms with Gasteiger partial charge in [-0.3, -0.25) is 20.0 Å². The summed E-state index contributed by atoms with van der Waals surface area (Å²) in [6.07, 6.45) is 7.30. The van der Waals surface area contributed by atoms with Gasteiger partial charge in [0.15, 0.2) is 0 Å². The average Bonchev–Trinajstić information content (AvgIpc) is 2.48. The fourth-order valence-corrected chi connectivity index (χ4v) is 2.02. The molecule has 1 heterocycles. The van der Waals surface area contributed by atoms with Crippen molar-refractivity contribution in [2.24, 2.45) is 0 Å². The minimum absolute atomic E-state index is 0.128. The Bertz CT molecular complexity index is 626. The molecule has 0 fully saturated rings. The molecule has 21 heavy (non-hydrogen) atoms. The maximum absolute atomic E-state index is 10.9. The first-order chi connectivity index (χ1) is 10.2. The number of nitro groups is 1. The summed E-state index contributed by atoms with van der Waals surface area (Å²) in [5.41, 5.74) is 1.89. The maximum atomic E-state index is 10.9. The second-order valence-corrected chi connectivity index (χ2v) is 4.78. The number of pyridine rings is 1. The summed E-state index contributed by atoms with van der Waals surface area (Å²) in [5.74, 6) is 0. The third-order valence-electron chi connectivity index (χ3n) is 3.02. The molecule has 0 aliphatic rings. The second kappa shape index (κ2) is 7.31. The molecular formula is C16H17N3O2. The summed E-state index contributed by atoms with van der Waals surface area (Å²) < 4.78 is 0.